The maximum Gasteiger partial charge on any atom is 0.326 e. The molecule has 1 aromatic rings. The molecular formula is C12H17N3O2. The first-order valence-electron chi connectivity index (χ1n) is 6.04. The molecule has 1 unspecified atom stereocenters. The molecule has 0 aliphatic heterocycles. The van der Waals surface area contributed by atoms with Crippen LogP contribution >= 0.6 is 0 Å². The minimum Gasteiger partial charge on any atom is -0.480 e. The van der Waals surface area contributed by atoms with Gasteiger partial charge < -0.3 is 10.4 Å². The number of rotatable bonds is 4. The zero-order valence-corrected chi connectivity index (χ0v) is 9.67. The van der Waals surface area contributed by atoms with Gasteiger partial charge in [-0.25, -0.2) is 4.79 Å². The van der Waals surface area contributed by atoms with Crippen LogP contribution in [0.15, 0.2) is 18.3 Å². The quantitative estimate of drug-likeness (QED) is 0.834. The summed E-state index contributed by atoms with van der Waals surface area (Å²) in [5, 5.41) is 19.9. The number of hydrogen-bond acceptors (Lipinski definition) is 4. The standard InChI is InChI=1S/C12H17N3O2/c16-12(17)11(9-5-2-1-3-6-9)14-10-7-4-8-13-15-10/h4,7-9,11H,1-3,5-6H2,(H,14,15)(H,16,17). The Morgan fingerprint density at radius 1 is 1.41 bits per heavy atom. The van der Waals surface area contributed by atoms with Gasteiger partial charge in [-0.3, -0.25) is 0 Å². The fourth-order valence-electron chi connectivity index (χ4n) is 2.39. The Bertz CT molecular complexity index is 363. The van der Waals surface area contributed by atoms with E-state index >= 15 is 0 Å². The van der Waals surface area contributed by atoms with Crippen molar-refractivity contribution >= 4 is 11.8 Å². The van der Waals surface area contributed by atoms with Crippen molar-refractivity contribution in [2.75, 3.05) is 5.32 Å². The lowest BCUT2D eigenvalue weighted by molar-refractivity contribution is -0.139. The summed E-state index contributed by atoms with van der Waals surface area (Å²) in [6.45, 7) is 0. The van der Waals surface area contributed by atoms with E-state index in [0.29, 0.717) is 5.82 Å². The number of nitrogens with zero attached hydrogens (tertiary/aromatic N) is 2. The molecule has 0 bridgehead atoms. The van der Waals surface area contributed by atoms with Crippen LogP contribution in [0.25, 0.3) is 0 Å². The van der Waals surface area contributed by atoms with Crippen molar-refractivity contribution in [3.05, 3.63) is 18.3 Å². The molecule has 0 saturated heterocycles. The molecule has 2 rings (SSSR count). The molecule has 0 spiro atoms. The zero-order chi connectivity index (χ0) is 12.1. The van der Waals surface area contributed by atoms with Gasteiger partial charge in [0.05, 0.1) is 0 Å². The van der Waals surface area contributed by atoms with Gasteiger partial charge in [0.1, 0.15) is 11.9 Å². The van der Waals surface area contributed by atoms with Crippen LogP contribution in [0.4, 0.5) is 5.82 Å². The SMILES string of the molecule is O=C(O)C(Nc1cccnn1)C1CCCCC1. The molecule has 0 amide bonds. The third-order valence-corrected chi connectivity index (χ3v) is 3.26. The molecule has 0 radical (unpaired) electrons. The van der Waals surface area contributed by atoms with Crippen molar-refractivity contribution in [3.8, 4) is 0 Å². The van der Waals surface area contributed by atoms with Crippen molar-refractivity contribution < 1.29 is 9.90 Å². The summed E-state index contributed by atoms with van der Waals surface area (Å²) in [6.07, 6.45) is 6.98. The summed E-state index contributed by atoms with van der Waals surface area (Å²) in [6, 6.07) is 2.94. The van der Waals surface area contributed by atoms with Crippen LogP contribution in [0, 0.1) is 5.92 Å². The van der Waals surface area contributed by atoms with Crippen LogP contribution in [0.1, 0.15) is 32.1 Å². The third-order valence-electron chi connectivity index (χ3n) is 3.26. The monoisotopic (exact) mass is 235 g/mol. The second-order valence-electron chi connectivity index (χ2n) is 4.47. The number of carboxylic acid groups (broad SMARTS) is 1. The molecule has 5 nitrogen and oxygen atoms in total. The Morgan fingerprint density at radius 3 is 2.76 bits per heavy atom. The Kier molecular flexibility index (Phi) is 3.90. The molecule has 17 heavy (non-hydrogen) atoms. The Morgan fingerprint density at radius 2 is 2.18 bits per heavy atom. The molecule has 1 aromatic heterocycles. The lowest BCUT2D eigenvalue weighted by atomic mass is 9.84. The fraction of sp³-hybridized carbons (Fsp3) is 0.583. The van der Waals surface area contributed by atoms with E-state index in [-0.39, 0.29) is 5.92 Å². The molecule has 2 N–H and O–H groups in total. The number of anilines is 1. The topological polar surface area (TPSA) is 75.1 Å². The Hall–Kier alpha value is -1.65. The summed E-state index contributed by atoms with van der Waals surface area (Å²) in [5.41, 5.74) is 0. The van der Waals surface area contributed by atoms with E-state index in [2.05, 4.69) is 15.5 Å². The highest BCUT2D eigenvalue weighted by Gasteiger charge is 2.29. The normalized spacial score (nSPS) is 18.6. The number of carbonyl (C=O) groups is 1. The second-order valence-corrected chi connectivity index (χ2v) is 4.47. The summed E-state index contributed by atoms with van der Waals surface area (Å²) in [7, 11) is 0. The number of hydrogen-bond donors (Lipinski definition) is 2. The van der Waals surface area contributed by atoms with Crippen molar-refractivity contribution in [2.24, 2.45) is 5.92 Å². The average molecular weight is 235 g/mol. The molecule has 1 aliphatic rings. The summed E-state index contributed by atoms with van der Waals surface area (Å²) in [5.74, 6) is -0.0729. The van der Waals surface area contributed by atoms with E-state index in [9.17, 15) is 9.90 Å². The Balaban J connectivity index is 2.04. The predicted octanol–water partition coefficient (Wildman–Crippen LogP) is 1.92. The highest BCUT2D eigenvalue weighted by molar-refractivity contribution is 5.77. The largest absolute Gasteiger partial charge is 0.480 e. The predicted molar refractivity (Wildman–Crippen MR) is 63.7 cm³/mol. The van der Waals surface area contributed by atoms with Crippen LogP contribution < -0.4 is 5.32 Å². The van der Waals surface area contributed by atoms with Gasteiger partial charge in [0.25, 0.3) is 0 Å². The minimum absolute atomic E-state index is 0.197. The zero-order valence-electron chi connectivity index (χ0n) is 9.67. The number of carboxylic acids is 1. The first-order chi connectivity index (χ1) is 8.27. The van der Waals surface area contributed by atoms with Crippen LogP contribution in [0.3, 0.4) is 0 Å². The van der Waals surface area contributed by atoms with Gasteiger partial charge in [-0.05, 0) is 30.9 Å². The molecule has 5 heteroatoms. The van der Waals surface area contributed by atoms with Crippen molar-refractivity contribution in [3.63, 3.8) is 0 Å². The van der Waals surface area contributed by atoms with Gasteiger partial charge in [-0.15, -0.1) is 5.10 Å². The summed E-state index contributed by atoms with van der Waals surface area (Å²) < 4.78 is 0. The number of aliphatic carboxylic acids is 1. The van der Waals surface area contributed by atoms with E-state index in [0.717, 1.165) is 25.7 Å². The van der Waals surface area contributed by atoms with E-state index < -0.39 is 12.0 Å². The lowest BCUT2D eigenvalue weighted by Crippen LogP contribution is -2.38. The van der Waals surface area contributed by atoms with Crippen LogP contribution in [0.5, 0.6) is 0 Å². The molecule has 1 saturated carbocycles. The molecule has 92 valence electrons. The highest BCUT2D eigenvalue weighted by Crippen LogP contribution is 2.28. The molecule has 1 heterocycles. The van der Waals surface area contributed by atoms with E-state index in [4.69, 9.17) is 0 Å². The van der Waals surface area contributed by atoms with Gasteiger partial charge in [0, 0.05) is 6.20 Å². The summed E-state index contributed by atoms with van der Waals surface area (Å²) >= 11 is 0. The van der Waals surface area contributed by atoms with Gasteiger partial charge >= 0.3 is 5.97 Å². The minimum atomic E-state index is -0.803. The fourth-order valence-corrected chi connectivity index (χ4v) is 2.39. The molecule has 1 fully saturated rings. The molecule has 1 atom stereocenters. The first-order valence-corrected chi connectivity index (χ1v) is 6.04. The second kappa shape index (κ2) is 5.61. The van der Waals surface area contributed by atoms with Gasteiger partial charge in [-0.1, -0.05) is 19.3 Å². The number of nitrogens with one attached hydrogen (secondary N) is 1. The van der Waals surface area contributed by atoms with E-state index in [1.54, 1.807) is 18.3 Å². The van der Waals surface area contributed by atoms with E-state index in [1.165, 1.54) is 6.42 Å². The lowest BCUT2D eigenvalue weighted by Gasteiger charge is -2.28. The van der Waals surface area contributed by atoms with Gasteiger partial charge in [0.2, 0.25) is 0 Å². The van der Waals surface area contributed by atoms with Gasteiger partial charge in [0.15, 0.2) is 0 Å². The third kappa shape index (κ3) is 3.15. The van der Waals surface area contributed by atoms with Crippen molar-refractivity contribution in [1.82, 2.24) is 10.2 Å². The van der Waals surface area contributed by atoms with Crippen molar-refractivity contribution in [1.29, 1.82) is 0 Å². The molecular weight excluding hydrogens is 218 g/mol. The summed E-state index contributed by atoms with van der Waals surface area (Å²) in [4.78, 5) is 11.3. The smallest absolute Gasteiger partial charge is 0.326 e. The van der Waals surface area contributed by atoms with E-state index in [1.807, 2.05) is 0 Å². The first kappa shape index (κ1) is 11.8. The molecule has 1 aliphatic carbocycles. The van der Waals surface area contributed by atoms with Crippen molar-refractivity contribution in [2.45, 2.75) is 38.1 Å². The van der Waals surface area contributed by atoms with Crippen LogP contribution in [-0.2, 0) is 4.79 Å². The average Bonchev–Trinajstić information content (AvgIpc) is 2.38. The molecule has 0 aromatic carbocycles. The van der Waals surface area contributed by atoms with Crippen LogP contribution in [-0.4, -0.2) is 27.3 Å². The highest BCUT2D eigenvalue weighted by atomic mass is 16.4. The van der Waals surface area contributed by atoms with Gasteiger partial charge in [-0.2, -0.15) is 5.10 Å². The Labute approximate surface area is 100 Å². The number of aromatic nitrogens is 2. The maximum atomic E-state index is 11.3. The van der Waals surface area contributed by atoms with Crippen LogP contribution in [0.2, 0.25) is 0 Å². The maximum absolute atomic E-state index is 11.3.